The van der Waals surface area contributed by atoms with Crippen LogP contribution in [0.2, 0.25) is 0 Å². The fourth-order valence-electron chi connectivity index (χ4n) is 3.15. The van der Waals surface area contributed by atoms with Gasteiger partial charge in [-0.2, -0.15) is 13.2 Å². The zero-order chi connectivity index (χ0) is 20.9. The summed E-state index contributed by atoms with van der Waals surface area (Å²) >= 11 is 0. The van der Waals surface area contributed by atoms with Gasteiger partial charge in [-0.25, -0.2) is 4.79 Å². The van der Waals surface area contributed by atoms with Crippen molar-refractivity contribution in [3.63, 3.8) is 0 Å². The Kier molecular flexibility index (Phi) is 6.41. The van der Waals surface area contributed by atoms with Gasteiger partial charge in [0.2, 0.25) is 0 Å². The smallest absolute Gasteiger partial charge is 0.325 e. The highest BCUT2D eigenvalue weighted by Gasteiger charge is 2.30. The van der Waals surface area contributed by atoms with Crippen molar-refractivity contribution < 1.29 is 22.8 Å². The molecule has 29 heavy (non-hydrogen) atoms. The summed E-state index contributed by atoms with van der Waals surface area (Å²) < 4.78 is 38.4. The molecule has 2 aromatic carbocycles. The molecular formula is C21H22F3N3O2. The third-order valence-corrected chi connectivity index (χ3v) is 4.74. The van der Waals surface area contributed by atoms with Crippen molar-refractivity contribution in [2.45, 2.75) is 31.9 Å². The van der Waals surface area contributed by atoms with Crippen molar-refractivity contribution in [3.8, 4) is 0 Å². The maximum atomic E-state index is 12.8. The van der Waals surface area contributed by atoms with E-state index in [9.17, 15) is 22.8 Å². The molecule has 0 saturated carbocycles. The average Bonchev–Trinajstić information content (AvgIpc) is 2.98. The Morgan fingerprint density at radius 3 is 2.00 bits per heavy atom. The number of hydrogen-bond donors (Lipinski definition) is 2. The topological polar surface area (TPSA) is 61.4 Å². The minimum atomic E-state index is -4.51. The van der Waals surface area contributed by atoms with Crippen LogP contribution in [0.4, 0.5) is 29.3 Å². The van der Waals surface area contributed by atoms with Crippen LogP contribution in [0.5, 0.6) is 0 Å². The summed E-state index contributed by atoms with van der Waals surface area (Å²) in [5, 5.41) is 5.38. The molecule has 1 heterocycles. The number of benzene rings is 2. The number of nitrogens with one attached hydrogen (secondary N) is 2. The highest BCUT2D eigenvalue weighted by atomic mass is 19.4. The Hall–Kier alpha value is -3.03. The molecule has 2 aromatic rings. The molecule has 1 fully saturated rings. The van der Waals surface area contributed by atoms with E-state index in [0.717, 1.165) is 50.9 Å². The molecule has 0 atom stereocenters. The summed E-state index contributed by atoms with van der Waals surface area (Å²) in [6.45, 7) is 1.47. The van der Waals surface area contributed by atoms with Gasteiger partial charge in [0.15, 0.2) is 0 Å². The van der Waals surface area contributed by atoms with Gasteiger partial charge in [0.05, 0.1) is 5.56 Å². The zero-order valence-electron chi connectivity index (χ0n) is 15.8. The Bertz CT molecular complexity index is 858. The van der Waals surface area contributed by atoms with Crippen LogP contribution in [0.1, 0.15) is 41.6 Å². The van der Waals surface area contributed by atoms with E-state index in [1.165, 1.54) is 12.1 Å². The molecule has 0 aromatic heterocycles. The number of carbonyl (C=O) groups excluding carboxylic acids is 2. The number of anilines is 2. The molecule has 0 aliphatic carbocycles. The van der Waals surface area contributed by atoms with Gasteiger partial charge in [-0.3, -0.25) is 4.79 Å². The van der Waals surface area contributed by atoms with E-state index in [1.807, 2.05) is 0 Å². The van der Waals surface area contributed by atoms with Gasteiger partial charge < -0.3 is 15.5 Å². The fraction of sp³-hybridized carbons (Fsp3) is 0.333. The lowest BCUT2D eigenvalue weighted by Crippen LogP contribution is -2.35. The number of alkyl halides is 3. The first-order valence-electron chi connectivity index (χ1n) is 9.47. The van der Waals surface area contributed by atoms with E-state index < -0.39 is 17.6 Å². The quantitative estimate of drug-likeness (QED) is 0.722. The second-order valence-electron chi connectivity index (χ2n) is 6.94. The predicted octanol–water partition coefficient (Wildman–Crippen LogP) is 5.37. The van der Waals surface area contributed by atoms with Crippen LogP contribution in [-0.2, 0) is 6.18 Å². The largest absolute Gasteiger partial charge is 0.416 e. The summed E-state index contributed by atoms with van der Waals surface area (Å²) in [5.41, 5.74) is 0.0339. The second-order valence-corrected chi connectivity index (χ2v) is 6.94. The van der Waals surface area contributed by atoms with Crippen LogP contribution in [0.15, 0.2) is 48.5 Å². The molecule has 3 amide bonds. The minimum Gasteiger partial charge on any atom is -0.325 e. The Morgan fingerprint density at radius 2 is 1.41 bits per heavy atom. The van der Waals surface area contributed by atoms with Gasteiger partial charge in [-0.15, -0.1) is 0 Å². The number of amides is 3. The third-order valence-electron chi connectivity index (χ3n) is 4.74. The Balaban J connectivity index is 1.60. The number of carbonyl (C=O) groups is 2. The highest BCUT2D eigenvalue weighted by Crippen LogP contribution is 2.29. The van der Waals surface area contributed by atoms with E-state index in [-0.39, 0.29) is 11.6 Å². The molecular weight excluding hydrogens is 383 g/mol. The van der Waals surface area contributed by atoms with E-state index in [1.54, 1.807) is 29.2 Å². The van der Waals surface area contributed by atoms with Gasteiger partial charge in [-0.1, -0.05) is 18.9 Å². The molecule has 0 radical (unpaired) electrons. The Labute approximate surface area is 166 Å². The second kappa shape index (κ2) is 8.98. The van der Waals surface area contributed by atoms with Crippen LogP contribution >= 0.6 is 0 Å². The third kappa shape index (κ3) is 5.73. The lowest BCUT2D eigenvalue weighted by molar-refractivity contribution is -0.137. The molecule has 154 valence electrons. The minimum absolute atomic E-state index is 0.0848. The van der Waals surface area contributed by atoms with Gasteiger partial charge in [-0.05, 0) is 55.3 Å². The molecule has 1 aliphatic rings. The first-order chi connectivity index (χ1) is 13.8. The van der Waals surface area contributed by atoms with E-state index in [0.29, 0.717) is 11.4 Å². The molecule has 5 nitrogen and oxygen atoms in total. The molecule has 0 unspecified atom stereocenters. The van der Waals surface area contributed by atoms with E-state index in [4.69, 9.17) is 0 Å². The molecule has 8 heteroatoms. The SMILES string of the molecule is O=C(Nc1ccc(NC(=O)N2CCCCCC2)cc1)c1cccc(C(F)(F)F)c1. The van der Waals surface area contributed by atoms with Crippen molar-refractivity contribution in [2.75, 3.05) is 23.7 Å². The van der Waals surface area contributed by atoms with Crippen molar-refractivity contribution in [1.29, 1.82) is 0 Å². The van der Waals surface area contributed by atoms with Crippen molar-refractivity contribution in [2.24, 2.45) is 0 Å². The van der Waals surface area contributed by atoms with Gasteiger partial charge in [0.25, 0.3) is 5.91 Å². The zero-order valence-corrected chi connectivity index (χ0v) is 15.8. The highest BCUT2D eigenvalue weighted by molar-refractivity contribution is 6.04. The van der Waals surface area contributed by atoms with Crippen LogP contribution in [0.25, 0.3) is 0 Å². The summed E-state index contributed by atoms with van der Waals surface area (Å²) in [6.07, 6.45) is -0.264. The number of likely N-dealkylation sites (tertiary alicyclic amines) is 1. The van der Waals surface area contributed by atoms with Crippen LogP contribution in [-0.4, -0.2) is 29.9 Å². The number of urea groups is 1. The number of nitrogens with zero attached hydrogens (tertiary/aromatic N) is 1. The standard InChI is InChI=1S/C21H22F3N3O2/c22-21(23,24)16-7-5-6-15(14-16)19(28)25-17-8-10-18(11-9-17)26-20(29)27-12-3-1-2-4-13-27/h5-11,14H,1-4,12-13H2,(H,25,28)(H,26,29). The molecule has 0 bridgehead atoms. The van der Waals surface area contributed by atoms with Gasteiger partial charge in [0.1, 0.15) is 0 Å². The van der Waals surface area contributed by atoms with Crippen molar-refractivity contribution in [1.82, 2.24) is 4.90 Å². The lowest BCUT2D eigenvalue weighted by atomic mass is 10.1. The molecule has 3 rings (SSSR count). The molecule has 1 saturated heterocycles. The van der Waals surface area contributed by atoms with Crippen molar-refractivity contribution >= 4 is 23.3 Å². The normalized spacial score (nSPS) is 14.8. The maximum absolute atomic E-state index is 12.8. The lowest BCUT2D eigenvalue weighted by Gasteiger charge is -2.20. The van der Waals surface area contributed by atoms with Crippen LogP contribution < -0.4 is 10.6 Å². The summed E-state index contributed by atoms with van der Waals surface area (Å²) in [5.74, 6) is -0.641. The summed E-state index contributed by atoms with van der Waals surface area (Å²) in [6, 6.07) is 10.5. The van der Waals surface area contributed by atoms with Crippen molar-refractivity contribution in [3.05, 3.63) is 59.7 Å². The average molecular weight is 405 g/mol. The molecule has 1 aliphatic heterocycles. The van der Waals surface area contributed by atoms with Gasteiger partial charge >= 0.3 is 12.2 Å². The Morgan fingerprint density at radius 1 is 0.828 bits per heavy atom. The monoisotopic (exact) mass is 405 g/mol. The predicted molar refractivity (Wildman–Crippen MR) is 105 cm³/mol. The van der Waals surface area contributed by atoms with E-state index in [2.05, 4.69) is 10.6 Å². The first kappa shape index (κ1) is 20.7. The first-order valence-corrected chi connectivity index (χ1v) is 9.47. The molecule has 0 spiro atoms. The summed E-state index contributed by atoms with van der Waals surface area (Å²) in [4.78, 5) is 26.4. The fourth-order valence-corrected chi connectivity index (χ4v) is 3.15. The van der Waals surface area contributed by atoms with Gasteiger partial charge in [0, 0.05) is 30.0 Å². The number of halogens is 3. The van der Waals surface area contributed by atoms with Crippen LogP contribution in [0, 0.1) is 0 Å². The number of rotatable bonds is 3. The maximum Gasteiger partial charge on any atom is 0.416 e. The van der Waals surface area contributed by atoms with E-state index >= 15 is 0 Å². The number of hydrogen-bond acceptors (Lipinski definition) is 2. The summed E-state index contributed by atoms with van der Waals surface area (Å²) in [7, 11) is 0. The van der Waals surface area contributed by atoms with Crippen LogP contribution in [0.3, 0.4) is 0 Å². The molecule has 2 N–H and O–H groups in total.